The molecule has 0 radical (unpaired) electrons. The highest BCUT2D eigenvalue weighted by atomic mass is 16.3. The van der Waals surface area contributed by atoms with Gasteiger partial charge in [-0.05, 0) is 41.5 Å². The zero-order valence-electron chi connectivity index (χ0n) is 19.3. The number of hydrogen-bond acceptors (Lipinski definition) is 4. The van der Waals surface area contributed by atoms with Crippen LogP contribution in [-0.4, -0.2) is 21.9 Å². The zero-order chi connectivity index (χ0) is 25.0. The average Bonchev–Trinajstić information content (AvgIpc) is 2.96. The van der Waals surface area contributed by atoms with Crippen molar-refractivity contribution in [3.8, 4) is 0 Å². The lowest BCUT2D eigenvalue weighted by molar-refractivity contribution is -0.136. The van der Waals surface area contributed by atoms with Gasteiger partial charge in [-0.15, -0.1) is 0 Å². The second kappa shape index (κ2) is 9.82. The molecule has 0 aliphatic rings. The first-order valence-electron chi connectivity index (χ1n) is 11.5. The number of hydrogen-bond donors (Lipinski definition) is 2. The van der Waals surface area contributed by atoms with Crippen LogP contribution in [0.3, 0.4) is 0 Å². The van der Waals surface area contributed by atoms with E-state index >= 15 is 0 Å². The summed E-state index contributed by atoms with van der Waals surface area (Å²) in [5.41, 5.74) is 2.36. The third-order valence-electron chi connectivity index (χ3n) is 5.96. The van der Waals surface area contributed by atoms with Crippen molar-refractivity contribution in [1.82, 2.24) is 10.4 Å². The van der Waals surface area contributed by atoms with Crippen molar-refractivity contribution in [3.63, 3.8) is 0 Å². The molecule has 0 unspecified atom stereocenters. The highest BCUT2D eigenvalue weighted by molar-refractivity contribution is 6.08. The molecule has 2 N–H and O–H groups in total. The van der Waals surface area contributed by atoms with Crippen LogP contribution in [0.15, 0.2) is 127 Å². The monoisotopic (exact) mass is 473 g/mol. The second-order valence-corrected chi connectivity index (χ2v) is 8.25. The Hall–Kier alpha value is -4.81. The van der Waals surface area contributed by atoms with E-state index in [1.165, 1.54) is 0 Å². The minimum absolute atomic E-state index is 0.222. The number of benzene rings is 4. The van der Waals surface area contributed by atoms with Gasteiger partial charge in [0.1, 0.15) is 0 Å². The van der Waals surface area contributed by atoms with Crippen molar-refractivity contribution >= 4 is 28.5 Å². The number of aromatic nitrogens is 1. The molecular formula is C30H23N3O3. The molecule has 0 fully saturated rings. The van der Waals surface area contributed by atoms with Crippen LogP contribution in [0.2, 0.25) is 0 Å². The molecular weight excluding hydrogens is 450 g/mol. The molecule has 4 aromatic carbocycles. The molecule has 1 heterocycles. The highest BCUT2D eigenvalue weighted by Crippen LogP contribution is 2.30. The number of carbonyl (C=O) groups is 2. The maximum Gasteiger partial charge on any atom is 0.280 e. The van der Waals surface area contributed by atoms with Gasteiger partial charge in [0.15, 0.2) is 11.4 Å². The van der Waals surface area contributed by atoms with Crippen LogP contribution in [0.4, 0.5) is 5.82 Å². The predicted octanol–water partition coefficient (Wildman–Crippen LogP) is 4.85. The summed E-state index contributed by atoms with van der Waals surface area (Å²) in [4.78, 5) is 32.1. The Morgan fingerprint density at radius 3 is 1.81 bits per heavy atom. The van der Waals surface area contributed by atoms with Crippen LogP contribution in [0.5, 0.6) is 0 Å². The van der Waals surface area contributed by atoms with E-state index in [2.05, 4.69) is 10.4 Å². The Kier molecular flexibility index (Phi) is 6.26. The summed E-state index contributed by atoms with van der Waals surface area (Å²) in [6, 6.07) is 36.8. The van der Waals surface area contributed by atoms with Crippen LogP contribution in [0.25, 0.3) is 10.9 Å². The molecule has 0 aliphatic heterocycles. The molecule has 0 spiro atoms. The maximum atomic E-state index is 13.9. The molecule has 0 saturated carbocycles. The van der Waals surface area contributed by atoms with Gasteiger partial charge in [0.05, 0.1) is 5.52 Å². The summed E-state index contributed by atoms with van der Waals surface area (Å²) in [7, 11) is 0. The van der Waals surface area contributed by atoms with Crippen LogP contribution in [0, 0.1) is 0 Å². The van der Waals surface area contributed by atoms with Gasteiger partial charge in [-0.2, -0.15) is 5.01 Å². The maximum absolute atomic E-state index is 13.9. The molecule has 5 aromatic rings. The number of rotatable bonds is 5. The van der Waals surface area contributed by atoms with Crippen molar-refractivity contribution in [1.29, 1.82) is 0 Å². The number of aliphatic hydroxyl groups is 1. The standard InChI is InChI=1S/C30H23N3O3/c34-28(23-13-4-1-5-14-23)33(27-21-20-22-12-10-11-19-26(22)31-27)32-29(35)30(36,24-15-6-2-7-16-24)25-17-8-3-9-18-25/h1-21,36H,(H,32,35). The van der Waals surface area contributed by atoms with E-state index < -0.39 is 17.4 Å². The van der Waals surface area contributed by atoms with E-state index in [0.717, 1.165) is 10.4 Å². The largest absolute Gasteiger partial charge is 0.372 e. The van der Waals surface area contributed by atoms with Crippen molar-refractivity contribution in [2.24, 2.45) is 0 Å². The fraction of sp³-hybridized carbons (Fsp3) is 0.0333. The van der Waals surface area contributed by atoms with Gasteiger partial charge in [0, 0.05) is 10.9 Å². The number of fused-ring (bicyclic) bond motifs is 1. The Morgan fingerprint density at radius 1 is 0.667 bits per heavy atom. The number of carbonyl (C=O) groups excluding carboxylic acids is 2. The Labute approximate surface area is 208 Å². The van der Waals surface area contributed by atoms with Crippen molar-refractivity contribution in [2.45, 2.75) is 5.60 Å². The molecule has 176 valence electrons. The zero-order valence-corrected chi connectivity index (χ0v) is 19.3. The van der Waals surface area contributed by atoms with Gasteiger partial charge >= 0.3 is 0 Å². The number of anilines is 1. The van der Waals surface area contributed by atoms with Crippen LogP contribution in [-0.2, 0) is 10.4 Å². The van der Waals surface area contributed by atoms with Gasteiger partial charge in [-0.25, -0.2) is 4.98 Å². The van der Waals surface area contributed by atoms with Gasteiger partial charge in [-0.1, -0.05) is 97.1 Å². The first-order valence-corrected chi connectivity index (χ1v) is 11.5. The molecule has 0 bridgehead atoms. The number of nitrogens with zero attached hydrogens (tertiary/aromatic N) is 2. The number of hydrazine groups is 1. The second-order valence-electron chi connectivity index (χ2n) is 8.25. The van der Waals surface area contributed by atoms with Gasteiger partial charge < -0.3 is 5.11 Å². The number of amides is 2. The highest BCUT2D eigenvalue weighted by Gasteiger charge is 2.41. The summed E-state index contributed by atoms with van der Waals surface area (Å²) in [6.45, 7) is 0. The summed E-state index contributed by atoms with van der Waals surface area (Å²) in [5, 5.41) is 13.8. The van der Waals surface area contributed by atoms with Crippen LogP contribution >= 0.6 is 0 Å². The number of nitrogens with one attached hydrogen (secondary N) is 1. The summed E-state index contributed by atoms with van der Waals surface area (Å²) in [6.07, 6.45) is 0. The Bertz CT molecular complexity index is 1470. The first kappa shape index (κ1) is 23.0. The summed E-state index contributed by atoms with van der Waals surface area (Å²) < 4.78 is 0. The van der Waals surface area contributed by atoms with E-state index in [-0.39, 0.29) is 5.82 Å². The molecule has 5 rings (SSSR count). The third kappa shape index (κ3) is 4.33. The molecule has 1 aromatic heterocycles. The van der Waals surface area contributed by atoms with Gasteiger partial charge in [0.2, 0.25) is 0 Å². The van der Waals surface area contributed by atoms with E-state index in [1.807, 2.05) is 30.3 Å². The predicted molar refractivity (Wildman–Crippen MR) is 139 cm³/mol. The number of para-hydroxylation sites is 1. The topological polar surface area (TPSA) is 82.5 Å². The molecule has 2 amide bonds. The smallest absolute Gasteiger partial charge is 0.280 e. The first-order chi connectivity index (χ1) is 17.6. The summed E-state index contributed by atoms with van der Waals surface area (Å²) in [5.74, 6) is -1.06. The van der Waals surface area contributed by atoms with E-state index in [4.69, 9.17) is 0 Å². The molecule has 0 saturated heterocycles. The summed E-state index contributed by atoms with van der Waals surface area (Å²) >= 11 is 0. The normalized spacial score (nSPS) is 11.1. The molecule has 36 heavy (non-hydrogen) atoms. The minimum atomic E-state index is -2.06. The molecule has 6 nitrogen and oxygen atoms in total. The molecule has 0 aliphatic carbocycles. The van der Waals surface area contributed by atoms with Gasteiger partial charge in [-0.3, -0.25) is 15.0 Å². The van der Waals surface area contributed by atoms with E-state index in [1.54, 1.807) is 97.1 Å². The van der Waals surface area contributed by atoms with Crippen molar-refractivity contribution < 1.29 is 14.7 Å². The molecule has 0 atom stereocenters. The van der Waals surface area contributed by atoms with Crippen molar-refractivity contribution in [3.05, 3.63) is 144 Å². The van der Waals surface area contributed by atoms with E-state index in [9.17, 15) is 14.7 Å². The Balaban J connectivity index is 1.60. The van der Waals surface area contributed by atoms with Gasteiger partial charge in [0.25, 0.3) is 11.8 Å². The minimum Gasteiger partial charge on any atom is -0.372 e. The molecule has 6 heteroatoms. The average molecular weight is 474 g/mol. The lowest BCUT2D eigenvalue weighted by Crippen LogP contribution is -2.54. The van der Waals surface area contributed by atoms with E-state index in [0.29, 0.717) is 22.2 Å². The SMILES string of the molecule is O=C(c1ccccc1)N(NC(=O)C(O)(c1ccccc1)c1ccccc1)c1ccc2ccccc2n1. The third-order valence-corrected chi connectivity index (χ3v) is 5.96. The fourth-order valence-electron chi connectivity index (χ4n) is 4.07. The van der Waals surface area contributed by atoms with Crippen LogP contribution < -0.4 is 10.4 Å². The van der Waals surface area contributed by atoms with Crippen LogP contribution in [0.1, 0.15) is 21.5 Å². The fourth-order valence-corrected chi connectivity index (χ4v) is 4.07. The van der Waals surface area contributed by atoms with Crippen molar-refractivity contribution in [2.75, 3.05) is 5.01 Å². The Morgan fingerprint density at radius 2 is 1.19 bits per heavy atom. The lowest BCUT2D eigenvalue weighted by atomic mass is 9.85. The quantitative estimate of drug-likeness (QED) is 0.358. The number of pyridine rings is 1. The lowest BCUT2D eigenvalue weighted by Gasteiger charge is -2.31.